The largest absolute Gasteiger partial charge is 0.354 e. The monoisotopic (exact) mass is 303 g/mol. The van der Waals surface area contributed by atoms with Crippen molar-refractivity contribution in [2.75, 3.05) is 4.90 Å². The van der Waals surface area contributed by atoms with E-state index < -0.39 is 0 Å². The van der Waals surface area contributed by atoms with Crippen LogP contribution >= 0.6 is 0 Å². The van der Waals surface area contributed by atoms with E-state index in [2.05, 4.69) is 70.1 Å². The highest BCUT2D eigenvalue weighted by atomic mass is 16.2. The van der Waals surface area contributed by atoms with E-state index >= 15 is 0 Å². The summed E-state index contributed by atoms with van der Waals surface area (Å²) < 4.78 is 0. The Kier molecular flexibility index (Phi) is 4.52. The Balaban J connectivity index is 2.61. The summed E-state index contributed by atoms with van der Waals surface area (Å²) in [6.07, 6.45) is 1.02. The molecule has 1 aromatic carbocycles. The van der Waals surface area contributed by atoms with Gasteiger partial charge in [0.15, 0.2) is 0 Å². The normalized spacial score (nSPS) is 21.5. The average Bonchev–Trinajstić information content (AvgIpc) is 2.42. The molecule has 0 saturated carbocycles. The predicted octanol–water partition coefficient (Wildman–Crippen LogP) is 3.10. The number of anilines is 1. The molecule has 4 nitrogen and oxygen atoms in total. The Bertz CT molecular complexity index is 565. The van der Waals surface area contributed by atoms with Gasteiger partial charge >= 0.3 is 0 Å². The second-order valence-corrected chi connectivity index (χ2v) is 7.55. The molecule has 0 radical (unpaired) electrons. The van der Waals surface area contributed by atoms with Crippen LogP contribution in [0.2, 0.25) is 0 Å². The molecule has 1 heterocycles. The SMILES string of the molecule is Cc1ccc2c(c1)C(C)CC(C)(C)N2C(C(=O)NN)C(C)C. The van der Waals surface area contributed by atoms with Crippen molar-refractivity contribution in [1.82, 2.24) is 5.43 Å². The van der Waals surface area contributed by atoms with Gasteiger partial charge < -0.3 is 4.90 Å². The molecule has 0 spiro atoms. The highest BCUT2D eigenvalue weighted by molar-refractivity contribution is 5.86. The lowest BCUT2D eigenvalue weighted by atomic mass is 9.77. The zero-order valence-corrected chi connectivity index (χ0v) is 14.6. The van der Waals surface area contributed by atoms with E-state index in [1.165, 1.54) is 11.1 Å². The maximum Gasteiger partial charge on any atom is 0.256 e. The van der Waals surface area contributed by atoms with Crippen LogP contribution in [-0.2, 0) is 4.79 Å². The first-order valence-electron chi connectivity index (χ1n) is 8.09. The fraction of sp³-hybridized carbons (Fsp3) is 0.611. The topological polar surface area (TPSA) is 58.4 Å². The number of nitrogens with zero attached hydrogens (tertiary/aromatic N) is 1. The molecule has 2 rings (SSSR count). The zero-order chi connectivity index (χ0) is 16.7. The van der Waals surface area contributed by atoms with Gasteiger partial charge in [-0.05, 0) is 50.7 Å². The molecular formula is C18H29N3O. The smallest absolute Gasteiger partial charge is 0.256 e. The first-order chi connectivity index (χ1) is 10.2. The lowest BCUT2D eigenvalue weighted by molar-refractivity contribution is -0.123. The molecule has 0 bridgehead atoms. The molecule has 0 saturated heterocycles. The molecule has 3 N–H and O–H groups in total. The van der Waals surface area contributed by atoms with Gasteiger partial charge in [-0.1, -0.05) is 38.5 Å². The van der Waals surface area contributed by atoms with Gasteiger partial charge in [0.25, 0.3) is 5.91 Å². The Labute approximate surface area is 134 Å². The summed E-state index contributed by atoms with van der Waals surface area (Å²) in [4.78, 5) is 14.7. The minimum Gasteiger partial charge on any atom is -0.354 e. The van der Waals surface area contributed by atoms with Crippen molar-refractivity contribution in [3.8, 4) is 0 Å². The summed E-state index contributed by atoms with van der Waals surface area (Å²) in [6.45, 7) is 13.0. The fourth-order valence-electron chi connectivity index (χ4n) is 3.90. The summed E-state index contributed by atoms with van der Waals surface area (Å²) in [7, 11) is 0. The number of nitrogens with two attached hydrogens (primary N) is 1. The van der Waals surface area contributed by atoms with E-state index in [1.807, 2.05) is 0 Å². The van der Waals surface area contributed by atoms with Crippen molar-refractivity contribution in [2.24, 2.45) is 11.8 Å². The molecular weight excluding hydrogens is 274 g/mol. The highest BCUT2D eigenvalue weighted by Gasteiger charge is 2.43. The fourth-order valence-corrected chi connectivity index (χ4v) is 3.90. The van der Waals surface area contributed by atoms with Crippen LogP contribution < -0.4 is 16.2 Å². The third-order valence-electron chi connectivity index (χ3n) is 4.75. The Morgan fingerprint density at radius 2 is 2.05 bits per heavy atom. The highest BCUT2D eigenvalue weighted by Crippen LogP contribution is 2.45. The summed E-state index contributed by atoms with van der Waals surface area (Å²) in [6, 6.07) is 6.26. The van der Waals surface area contributed by atoms with Crippen LogP contribution in [0.5, 0.6) is 0 Å². The first kappa shape index (κ1) is 16.8. The molecule has 4 heteroatoms. The van der Waals surface area contributed by atoms with E-state index in [4.69, 9.17) is 5.84 Å². The second kappa shape index (κ2) is 5.92. The quantitative estimate of drug-likeness (QED) is 0.512. The minimum absolute atomic E-state index is 0.0941. The van der Waals surface area contributed by atoms with Gasteiger partial charge in [-0.2, -0.15) is 0 Å². The Morgan fingerprint density at radius 1 is 1.41 bits per heavy atom. The van der Waals surface area contributed by atoms with Crippen LogP contribution in [0.3, 0.4) is 0 Å². The van der Waals surface area contributed by atoms with Gasteiger partial charge in [0.1, 0.15) is 6.04 Å². The van der Waals surface area contributed by atoms with Crippen molar-refractivity contribution in [2.45, 2.75) is 65.5 Å². The standard InChI is InChI=1S/C18H29N3O/c1-11(2)16(17(22)20-19)21-15-8-7-12(3)9-14(15)13(4)10-18(21,5)6/h7-9,11,13,16H,10,19H2,1-6H3,(H,20,22). The molecule has 1 aromatic rings. The van der Waals surface area contributed by atoms with Crippen LogP contribution in [0.25, 0.3) is 0 Å². The number of hydrogen-bond donors (Lipinski definition) is 2. The van der Waals surface area contributed by atoms with Crippen LogP contribution in [0.1, 0.15) is 58.1 Å². The first-order valence-corrected chi connectivity index (χ1v) is 8.09. The van der Waals surface area contributed by atoms with Crippen molar-refractivity contribution in [3.63, 3.8) is 0 Å². The van der Waals surface area contributed by atoms with E-state index in [0.29, 0.717) is 5.92 Å². The number of rotatable bonds is 3. The maximum absolute atomic E-state index is 12.4. The zero-order valence-electron chi connectivity index (χ0n) is 14.6. The van der Waals surface area contributed by atoms with E-state index in [1.54, 1.807) is 0 Å². The molecule has 1 amide bonds. The molecule has 0 fully saturated rings. The van der Waals surface area contributed by atoms with E-state index in [-0.39, 0.29) is 23.4 Å². The number of hydrazine groups is 1. The number of aryl methyl sites for hydroxylation is 1. The van der Waals surface area contributed by atoms with Crippen LogP contribution in [0, 0.1) is 12.8 Å². The maximum atomic E-state index is 12.4. The van der Waals surface area contributed by atoms with Crippen molar-refractivity contribution >= 4 is 11.6 Å². The van der Waals surface area contributed by atoms with Crippen molar-refractivity contribution in [3.05, 3.63) is 29.3 Å². The van der Waals surface area contributed by atoms with E-state index in [0.717, 1.165) is 12.1 Å². The third kappa shape index (κ3) is 2.84. The number of nitrogens with one attached hydrogen (secondary N) is 1. The van der Waals surface area contributed by atoms with Gasteiger partial charge in [-0.15, -0.1) is 0 Å². The van der Waals surface area contributed by atoms with Crippen LogP contribution in [0.15, 0.2) is 18.2 Å². The molecule has 2 unspecified atom stereocenters. The van der Waals surface area contributed by atoms with Crippen molar-refractivity contribution in [1.29, 1.82) is 0 Å². The third-order valence-corrected chi connectivity index (χ3v) is 4.75. The number of carbonyl (C=O) groups is 1. The molecule has 22 heavy (non-hydrogen) atoms. The lowest BCUT2D eigenvalue weighted by Gasteiger charge is -2.51. The number of hydrogen-bond acceptors (Lipinski definition) is 3. The molecule has 1 aliphatic rings. The van der Waals surface area contributed by atoms with Crippen molar-refractivity contribution < 1.29 is 4.79 Å². The number of fused-ring (bicyclic) bond motifs is 1. The molecule has 122 valence electrons. The van der Waals surface area contributed by atoms with Gasteiger partial charge in [0, 0.05) is 11.2 Å². The Morgan fingerprint density at radius 3 is 2.59 bits per heavy atom. The number of benzene rings is 1. The molecule has 0 aromatic heterocycles. The predicted molar refractivity (Wildman–Crippen MR) is 91.7 cm³/mol. The molecule has 2 atom stereocenters. The van der Waals surface area contributed by atoms with E-state index in [9.17, 15) is 4.79 Å². The summed E-state index contributed by atoms with van der Waals surface area (Å²) in [5.41, 5.74) is 6.01. The molecule has 0 aliphatic carbocycles. The van der Waals surface area contributed by atoms with Crippen LogP contribution in [0.4, 0.5) is 5.69 Å². The van der Waals surface area contributed by atoms with Gasteiger partial charge in [-0.25, -0.2) is 5.84 Å². The summed E-state index contributed by atoms with van der Waals surface area (Å²) in [5.74, 6) is 5.98. The Hall–Kier alpha value is -1.55. The van der Waals surface area contributed by atoms with Gasteiger partial charge in [0.05, 0.1) is 0 Å². The minimum atomic E-state index is -0.269. The lowest BCUT2D eigenvalue weighted by Crippen LogP contribution is -2.61. The van der Waals surface area contributed by atoms with Gasteiger partial charge in [-0.3, -0.25) is 10.2 Å². The van der Waals surface area contributed by atoms with Crippen LogP contribution in [-0.4, -0.2) is 17.5 Å². The molecule has 1 aliphatic heterocycles. The second-order valence-electron chi connectivity index (χ2n) is 7.55. The summed E-state index contributed by atoms with van der Waals surface area (Å²) >= 11 is 0. The number of carbonyl (C=O) groups excluding carboxylic acids is 1. The van der Waals surface area contributed by atoms with Gasteiger partial charge in [0.2, 0.25) is 0 Å². The number of amides is 1. The average molecular weight is 303 g/mol. The summed E-state index contributed by atoms with van der Waals surface area (Å²) in [5, 5.41) is 0.